The average molecular weight is 387 g/mol. The highest BCUT2D eigenvalue weighted by atomic mass is 32.2. The molecule has 0 amide bonds. The first-order chi connectivity index (χ1) is 12.8. The predicted molar refractivity (Wildman–Crippen MR) is 103 cm³/mol. The van der Waals surface area contributed by atoms with Crippen LogP contribution in [0.15, 0.2) is 39.8 Å². The molecule has 0 aliphatic rings. The molecule has 2 aromatic heterocycles. The highest BCUT2D eigenvalue weighted by molar-refractivity contribution is 7.92. The lowest BCUT2D eigenvalue weighted by Gasteiger charge is -2.13. The van der Waals surface area contributed by atoms with Gasteiger partial charge in [0.05, 0.1) is 0 Å². The smallest absolute Gasteiger partial charge is 0.268 e. The molecule has 3 aromatic rings. The van der Waals surface area contributed by atoms with Gasteiger partial charge in [0.2, 0.25) is 0 Å². The van der Waals surface area contributed by atoms with E-state index < -0.39 is 10.0 Å². The molecule has 142 valence electrons. The standard InChI is InChI=1S/C18H21N5O3S/c1-5-14-8-6-7-11(2)17(14)19-15-9-10-16(21-20-15)23-27(24,25)18-12(3)22-26-13(18)4/h6-10H,5H2,1-4H3,(H,19,20)(H,21,23). The maximum Gasteiger partial charge on any atom is 0.268 e. The Morgan fingerprint density at radius 3 is 2.33 bits per heavy atom. The summed E-state index contributed by atoms with van der Waals surface area (Å²) in [6.07, 6.45) is 0.882. The summed E-state index contributed by atoms with van der Waals surface area (Å²) in [5.41, 5.74) is 3.54. The van der Waals surface area contributed by atoms with Gasteiger partial charge in [-0.1, -0.05) is 30.3 Å². The summed E-state index contributed by atoms with van der Waals surface area (Å²) >= 11 is 0. The fourth-order valence-corrected chi connectivity index (χ4v) is 4.16. The van der Waals surface area contributed by atoms with Gasteiger partial charge in [0.15, 0.2) is 22.3 Å². The molecule has 1 aromatic carbocycles. The quantitative estimate of drug-likeness (QED) is 0.666. The third-order valence-corrected chi connectivity index (χ3v) is 5.73. The molecule has 0 aliphatic carbocycles. The van der Waals surface area contributed by atoms with Crippen molar-refractivity contribution in [2.75, 3.05) is 10.0 Å². The van der Waals surface area contributed by atoms with Gasteiger partial charge < -0.3 is 9.84 Å². The number of rotatable bonds is 6. The molecule has 0 unspecified atom stereocenters. The van der Waals surface area contributed by atoms with Crippen LogP contribution in [0.1, 0.15) is 29.5 Å². The monoisotopic (exact) mass is 387 g/mol. The molecule has 0 radical (unpaired) electrons. The Morgan fingerprint density at radius 1 is 1.04 bits per heavy atom. The summed E-state index contributed by atoms with van der Waals surface area (Å²) in [6.45, 7) is 7.21. The van der Waals surface area contributed by atoms with Crippen LogP contribution in [0.25, 0.3) is 0 Å². The molecule has 2 heterocycles. The molecule has 27 heavy (non-hydrogen) atoms. The van der Waals surface area contributed by atoms with Crippen molar-refractivity contribution in [1.29, 1.82) is 0 Å². The zero-order valence-corrected chi connectivity index (χ0v) is 16.4. The van der Waals surface area contributed by atoms with Gasteiger partial charge in [-0.2, -0.15) is 0 Å². The highest BCUT2D eigenvalue weighted by Crippen LogP contribution is 2.25. The average Bonchev–Trinajstić information content (AvgIpc) is 2.97. The minimum atomic E-state index is -3.85. The van der Waals surface area contributed by atoms with E-state index in [-0.39, 0.29) is 22.2 Å². The fourth-order valence-electron chi connectivity index (χ4n) is 2.83. The molecule has 0 saturated heterocycles. The largest absolute Gasteiger partial charge is 0.360 e. The molecule has 0 aliphatic heterocycles. The molecule has 0 fully saturated rings. The van der Waals surface area contributed by atoms with Gasteiger partial charge in [-0.05, 0) is 50.5 Å². The van der Waals surface area contributed by atoms with E-state index in [2.05, 4.69) is 38.4 Å². The molecule has 3 rings (SSSR count). The summed E-state index contributed by atoms with van der Waals surface area (Å²) < 4.78 is 32.3. The van der Waals surface area contributed by atoms with Gasteiger partial charge in [0, 0.05) is 5.69 Å². The second-order valence-electron chi connectivity index (χ2n) is 6.15. The molecule has 2 N–H and O–H groups in total. The van der Waals surface area contributed by atoms with E-state index in [1.807, 2.05) is 19.1 Å². The van der Waals surface area contributed by atoms with Gasteiger partial charge in [0.25, 0.3) is 10.0 Å². The first-order valence-corrected chi connectivity index (χ1v) is 9.95. The van der Waals surface area contributed by atoms with Gasteiger partial charge in [-0.15, -0.1) is 10.2 Å². The summed E-state index contributed by atoms with van der Waals surface area (Å²) in [5, 5.41) is 15.0. The van der Waals surface area contributed by atoms with Gasteiger partial charge in [-0.3, -0.25) is 4.72 Å². The summed E-state index contributed by atoms with van der Waals surface area (Å²) in [4.78, 5) is 0.0130. The van der Waals surface area contributed by atoms with Gasteiger partial charge >= 0.3 is 0 Å². The van der Waals surface area contributed by atoms with E-state index in [0.717, 1.165) is 17.7 Å². The number of aryl methyl sites for hydroxylation is 4. The van der Waals surface area contributed by atoms with Crippen molar-refractivity contribution in [3.8, 4) is 0 Å². The van der Waals surface area contributed by atoms with Crippen molar-refractivity contribution < 1.29 is 12.9 Å². The minimum Gasteiger partial charge on any atom is -0.360 e. The van der Waals surface area contributed by atoms with Crippen molar-refractivity contribution in [2.24, 2.45) is 0 Å². The Balaban J connectivity index is 1.81. The van der Waals surface area contributed by atoms with Crippen LogP contribution in [0.2, 0.25) is 0 Å². The number of hydrogen-bond donors (Lipinski definition) is 2. The van der Waals surface area contributed by atoms with E-state index in [1.54, 1.807) is 26.0 Å². The first-order valence-electron chi connectivity index (χ1n) is 8.46. The van der Waals surface area contributed by atoms with Crippen molar-refractivity contribution >= 4 is 27.3 Å². The molecule has 0 bridgehead atoms. The molecule has 0 saturated carbocycles. The van der Waals surface area contributed by atoms with Crippen LogP contribution in [0.3, 0.4) is 0 Å². The summed E-state index contributed by atoms with van der Waals surface area (Å²) in [5.74, 6) is 0.859. The Labute approximate surface area is 158 Å². The van der Waals surface area contributed by atoms with E-state index in [0.29, 0.717) is 5.82 Å². The Kier molecular flexibility index (Phi) is 5.13. The van der Waals surface area contributed by atoms with E-state index in [9.17, 15) is 8.42 Å². The number of para-hydroxylation sites is 1. The summed E-state index contributed by atoms with van der Waals surface area (Å²) in [6, 6.07) is 9.30. The normalized spacial score (nSPS) is 11.4. The van der Waals surface area contributed by atoms with Gasteiger partial charge in [0.1, 0.15) is 5.69 Å². The van der Waals surface area contributed by atoms with Crippen molar-refractivity contribution in [3.05, 3.63) is 52.9 Å². The SMILES string of the molecule is CCc1cccc(C)c1Nc1ccc(NS(=O)(=O)c2c(C)noc2C)nn1. The lowest BCUT2D eigenvalue weighted by molar-refractivity contribution is 0.390. The van der Waals surface area contributed by atoms with Crippen molar-refractivity contribution in [2.45, 2.75) is 39.0 Å². The minimum absolute atomic E-state index is 0.0130. The van der Waals surface area contributed by atoms with Crippen molar-refractivity contribution in [1.82, 2.24) is 15.4 Å². The molecule has 0 spiro atoms. The molecule has 9 heteroatoms. The maximum absolute atomic E-state index is 12.5. The number of nitrogens with one attached hydrogen (secondary N) is 2. The lowest BCUT2D eigenvalue weighted by atomic mass is 10.1. The van der Waals surface area contributed by atoms with Crippen LogP contribution in [-0.2, 0) is 16.4 Å². The second-order valence-corrected chi connectivity index (χ2v) is 7.77. The van der Waals surface area contributed by atoms with Crippen LogP contribution in [0, 0.1) is 20.8 Å². The Hall–Kier alpha value is -2.94. The second kappa shape index (κ2) is 7.36. The predicted octanol–water partition coefficient (Wildman–Crippen LogP) is 3.50. The zero-order valence-electron chi connectivity index (χ0n) is 15.6. The number of aromatic nitrogens is 3. The lowest BCUT2D eigenvalue weighted by Crippen LogP contribution is -2.16. The fraction of sp³-hybridized carbons (Fsp3) is 0.278. The van der Waals surface area contributed by atoms with E-state index in [1.165, 1.54) is 5.56 Å². The number of sulfonamides is 1. The summed E-state index contributed by atoms with van der Waals surface area (Å²) in [7, 11) is -3.85. The Bertz CT molecular complexity index is 1040. The van der Waals surface area contributed by atoms with Crippen molar-refractivity contribution in [3.63, 3.8) is 0 Å². The molecular weight excluding hydrogens is 366 g/mol. The Morgan fingerprint density at radius 2 is 1.74 bits per heavy atom. The third kappa shape index (κ3) is 3.92. The molecule has 8 nitrogen and oxygen atoms in total. The number of anilines is 3. The third-order valence-electron chi connectivity index (χ3n) is 4.13. The van der Waals surface area contributed by atoms with E-state index in [4.69, 9.17) is 4.52 Å². The van der Waals surface area contributed by atoms with Crippen LogP contribution in [0.4, 0.5) is 17.3 Å². The highest BCUT2D eigenvalue weighted by Gasteiger charge is 2.24. The number of nitrogens with zero attached hydrogens (tertiary/aromatic N) is 3. The van der Waals surface area contributed by atoms with Gasteiger partial charge in [-0.25, -0.2) is 8.42 Å². The number of hydrogen-bond acceptors (Lipinski definition) is 7. The van der Waals surface area contributed by atoms with Crippen LogP contribution in [0.5, 0.6) is 0 Å². The first kappa shape index (κ1) is 18.8. The maximum atomic E-state index is 12.5. The van der Waals surface area contributed by atoms with E-state index >= 15 is 0 Å². The number of benzene rings is 1. The van der Waals surface area contributed by atoms with Crippen LogP contribution < -0.4 is 10.0 Å². The zero-order chi connectivity index (χ0) is 19.6. The topological polar surface area (TPSA) is 110 Å². The molecule has 0 atom stereocenters. The van der Waals surface area contributed by atoms with Crippen LogP contribution in [-0.4, -0.2) is 23.8 Å². The molecular formula is C18H21N5O3S. The van der Waals surface area contributed by atoms with Crippen LogP contribution >= 0.6 is 0 Å².